The molecule has 2 aliphatic rings. The number of esters is 1. The molecule has 0 aromatic heterocycles. The lowest BCUT2D eigenvalue weighted by atomic mass is 9.85. The van der Waals surface area contributed by atoms with E-state index < -0.39 is 10.9 Å². The number of carbonyl (C=O) groups excluding carboxylic acids is 3. The van der Waals surface area contributed by atoms with Gasteiger partial charge in [-0.25, -0.2) is 4.79 Å². The summed E-state index contributed by atoms with van der Waals surface area (Å²) in [6, 6.07) is 15.4. The molecular weight excluding hydrogens is 514 g/mol. The van der Waals surface area contributed by atoms with E-state index >= 15 is 0 Å². The third kappa shape index (κ3) is 6.05. The lowest BCUT2D eigenvalue weighted by molar-refractivity contribution is -0.384. The van der Waals surface area contributed by atoms with Gasteiger partial charge in [-0.2, -0.15) is 0 Å². The van der Waals surface area contributed by atoms with Crippen molar-refractivity contribution in [1.29, 1.82) is 0 Å². The number of nitro benzene ring substituents is 1. The lowest BCUT2D eigenvalue weighted by Crippen LogP contribution is -2.61. The third-order valence-electron chi connectivity index (χ3n) is 6.01. The van der Waals surface area contributed by atoms with Gasteiger partial charge in [-0.1, -0.05) is 36.9 Å². The molecule has 9 nitrogen and oxygen atoms in total. The molecule has 2 aliphatic heterocycles. The number of ether oxygens (including phenoxy) is 1. The van der Waals surface area contributed by atoms with E-state index in [4.69, 9.17) is 4.74 Å². The van der Waals surface area contributed by atoms with Crippen molar-refractivity contribution in [3.8, 4) is 0 Å². The molecule has 4 rings (SSSR count). The number of β-lactam (4-membered cyclic amide) rings is 1. The second kappa shape index (κ2) is 11.7. The highest BCUT2D eigenvalue weighted by atomic mass is 32.2. The van der Waals surface area contributed by atoms with E-state index in [-0.39, 0.29) is 47.0 Å². The maximum atomic E-state index is 13.3. The fourth-order valence-electron chi connectivity index (χ4n) is 4.30. The van der Waals surface area contributed by atoms with Crippen molar-refractivity contribution < 1.29 is 24.0 Å². The van der Waals surface area contributed by atoms with E-state index in [1.165, 1.54) is 54.1 Å². The number of nitrogens with zero attached hydrogens (tertiary/aromatic N) is 2. The van der Waals surface area contributed by atoms with E-state index in [1.807, 2.05) is 37.3 Å². The zero-order valence-electron chi connectivity index (χ0n) is 20.2. The first kappa shape index (κ1) is 26.5. The third-order valence-corrected chi connectivity index (χ3v) is 8.14. The fraction of sp³-hybridized carbons (Fsp3) is 0.269. The van der Waals surface area contributed by atoms with Gasteiger partial charge in [-0.3, -0.25) is 19.7 Å². The molecule has 11 heteroatoms. The Morgan fingerprint density at radius 1 is 1.22 bits per heavy atom. The summed E-state index contributed by atoms with van der Waals surface area (Å²) in [5.41, 5.74) is 0.748. The fourth-order valence-corrected chi connectivity index (χ4v) is 6.35. The van der Waals surface area contributed by atoms with Crippen molar-refractivity contribution in [2.45, 2.75) is 43.1 Å². The minimum absolute atomic E-state index is 0.00722. The minimum Gasteiger partial charge on any atom is -0.456 e. The number of fused-ring (bicyclic) bond motifs is 1. The molecule has 0 spiro atoms. The Morgan fingerprint density at radius 2 is 1.92 bits per heavy atom. The number of hydrogen-bond acceptors (Lipinski definition) is 8. The van der Waals surface area contributed by atoms with Crippen molar-refractivity contribution in [3.05, 3.63) is 92.5 Å². The summed E-state index contributed by atoms with van der Waals surface area (Å²) >= 11 is 2.89. The topological polar surface area (TPSA) is 119 Å². The average Bonchev–Trinajstić information content (AvgIpc) is 3.20. The van der Waals surface area contributed by atoms with Gasteiger partial charge in [-0.05, 0) is 35.2 Å². The molecule has 0 unspecified atom stereocenters. The molecule has 0 radical (unpaired) electrons. The predicted molar refractivity (Wildman–Crippen MR) is 141 cm³/mol. The Morgan fingerprint density at radius 3 is 2.57 bits per heavy atom. The zero-order chi connectivity index (χ0) is 26.5. The van der Waals surface area contributed by atoms with Crippen LogP contribution in [0.1, 0.15) is 25.8 Å². The Hall–Kier alpha value is -3.57. The Kier molecular flexibility index (Phi) is 8.34. The first-order chi connectivity index (χ1) is 17.8. The Labute approximate surface area is 222 Å². The highest BCUT2D eigenvalue weighted by molar-refractivity contribution is 8.05. The van der Waals surface area contributed by atoms with Crippen LogP contribution in [0.4, 0.5) is 5.69 Å². The SMILES string of the molecule is CC(=O)N/C=C/SC1=C(C(=O)OCc2ccc([N+](=O)[O-])cc2)N2C(=O)[C@H]([C@@H](C)Sc3ccccc3)[C@H]2C1. The second-order valence-corrected chi connectivity index (χ2v) is 11.0. The van der Waals surface area contributed by atoms with E-state index in [2.05, 4.69) is 5.32 Å². The molecule has 0 saturated carbocycles. The normalized spacial score (nSPS) is 19.4. The van der Waals surface area contributed by atoms with Crippen LogP contribution in [0, 0.1) is 16.0 Å². The number of amides is 2. The van der Waals surface area contributed by atoms with Crippen LogP contribution in [0.15, 0.2) is 81.7 Å². The number of nitrogens with one attached hydrogen (secondary N) is 1. The van der Waals surface area contributed by atoms with Gasteiger partial charge in [0.2, 0.25) is 11.8 Å². The first-order valence-electron chi connectivity index (χ1n) is 11.5. The van der Waals surface area contributed by atoms with Gasteiger partial charge in [-0.15, -0.1) is 11.8 Å². The van der Waals surface area contributed by atoms with Crippen molar-refractivity contribution in [3.63, 3.8) is 0 Å². The standard InChI is InChI=1S/C26H25N3O6S2/c1-16(37-20-6-4-3-5-7-20)23-21-14-22(36-13-12-27-17(2)30)24(28(21)25(23)31)26(32)35-15-18-8-10-19(11-9-18)29(33)34/h3-13,16,21,23H,14-15H2,1-2H3,(H,27,30)/b13-12+/t16-,21-,23-/m1/s1. The molecule has 0 bridgehead atoms. The summed E-state index contributed by atoms with van der Waals surface area (Å²) in [4.78, 5) is 51.2. The van der Waals surface area contributed by atoms with Gasteiger partial charge in [0.05, 0.1) is 16.9 Å². The number of benzene rings is 2. The van der Waals surface area contributed by atoms with Crippen LogP contribution in [-0.4, -0.2) is 38.9 Å². The molecule has 2 aromatic carbocycles. The molecular formula is C26H25N3O6S2. The van der Waals surface area contributed by atoms with Crippen molar-refractivity contribution in [2.24, 2.45) is 5.92 Å². The maximum absolute atomic E-state index is 13.3. The zero-order valence-corrected chi connectivity index (χ0v) is 21.8. The van der Waals surface area contributed by atoms with E-state index in [1.54, 1.807) is 17.2 Å². The average molecular weight is 540 g/mol. The van der Waals surface area contributed by atoms with Gasteiger partial charge in [0, 0.05) is 46.7 Å². The monoisotopic (exact) mass is 539 g/mol. The molecule has 2 amide bonds. The van der Waals surface area contributed by atoms with Crippen LogP contribution in [-0.2, 0) is 25.7 Å². The minimum atomic E-state index is -0.633. The van der Waals surface area contributed by atoms with Gasteiger partial charge >= 0.3 is 5.97 Å². The first-order valence-corrected chi connectivity index (χ1v) is 13.3. The quantitative estimate of drug-likeness (QED) is 0.153. The van der Waals surface area contributed by atoms with Crippen molar-refractivity contribution >= 4 is 47.0 Å². The summed E-state index contributed by atoms with van der Waals surface area (Å²) < 4.78 is 5.51. The Bertz CT molecular complexity index is 1260. The number of carbonyl (C=O) groups is 3. The summed E-state index contributed by atoms with van der Waals surface area (Å²) in [5.74, 6) is -1.22. The lowest BCUT2D eigenvalue weighted by Gasteiger charge is -2.46. The molecule has 0 aliphatic carbocycles. The van der Waals surface area contributed by atoms with Gasteiger partial charge in [0.1, 0.15) is 12.3 Å². The number of nitro groups is 1. The van der Waals surface area contributed by atoms with Crippen LogP contribution < -0.4 is 5.32 Å². The molecule has 37 heavy (non-hydrogen) atoms. The highest BCUT2D eigenvalue weighted by Gasteiger charge is 2.57. The smallest absolute Gasteiger partial charge is 0.356 e. The molecule has 3 atom stereocenters. The van der Waals surface area contributed by atoms with Crippen LogP contribution in [0.3, 0.4) is 0 Å². The van der Waals surface area contributed by atoms with E-state index in [0.29, 0.717) is 16.9 Å². The Balaban J connectivity index is 1.48. The van der Waals surface area contributed by atoms with Crippen LogP contribution >= 0.6 is 23.5 Å². The second-order valence-electron chi connectivity index (χ2n) is 8.53. The molecule has 2 aromatic rings. The van der Waals surface area contributed by atoms with Crippen LogP contribution in [0.5, 0.6) is 0 Å². The summed E-state index contributed by atoms with van der Waals surface area (Å²) in [5, 5.41) is 15.1. The molecule has 1 fully saturated rings. The molecule has 1 saturated heterocycles. The largest absolute Gasteiger partial charge is 0.456 e. The summed E-state index contributed by atoms with van der Waals surface area (Å²) in [7, 11) is 0. The number of hydrogen-bond donors (Lipinski definition) is 1. The highest BCUT2D eigenvalue weighted by Crippen LogP contribution is 2.50. The van der Waals surface area contributed by atoms with E-state index in [0.717, 1.165) is 4.90 Å². The predicted octanol–water partition coefficient (Wildman–Crippen LogP) is 4.60. The van der Waals surface area contributed by atoms with Gasteiger partial charge < -0.3 is 15.0 Å². The molecule has 2 heterocycles. The molecule has 1 N–H and O–H groups in total. The summed E-state index contributed by atoms with van der Waals surface area (Å²) in [6.45, 7) is 3.33. The van der Waals surface area contributed by atoms with Crippen molar-refractivity contribution in [1.82, 2.24) is 10.2 Å². The number of non-ortho nitro benzene ring substituents is 1. The van der Waals surface area contributed by atoms with Crippen LogP contribution in [0.25, 0.3) is 0 Å². The van der Waals surface area contributed by atoms with Crippen molar-refractivity contribution in [2.75, 3.05) is 0 Å². The summed E-state index contributed by atoms with van der Waals surface area (Å²) in [6.07, 6.45) is 2.00. The van der Waals surface area contributed by atoms with Gasteiger partial charge in [0.15, 0.2) is 0 Å². The number of rotatable bonds is 10. The maximum Gasteiger partial charge on any atom is 0.356 e. The number of thioether (sulfide) groups is 2. The molecule has 192 valence electrons. The van der Waals surface area contributed by atoms with Gasteiger partial charge in [0.25, 0.3) is 5.69 Å². The van der Waals surface area contributed by atoms with Crippen LogP contribution in [0.2, 0.25) is 0 Å². The van der Waals surface area contributed by atoms with E-state index in [9.17, 15) is 24.5 Å².